The predicted molar refractivity (Wildman–Crippen MR) is 133 cm³/mol. The molecule has 2 amide bonds. The second kappa shape index (κ2) is 12.2. The van der Waals surface area contributed by atoms with Crippen molar-refractivity contribution in [3.05, 3.63) is 30.1 Å². The summed E-state index contributed by atoms with van der Waals surface area (Å²) in [5, 5.41) is 3.37. The van der Waals surface area contributed by atoms with Gasteiger partial charge in [0, 0.05) is 50.7 Å². The molecule has 2 heterocycles. The zero-order chi connectivity index (χ0) is 26.2. The molecule has 2 fully saturated rings. The molecule has 0 atom stereocenters. The standard InChI is InChI=1S/C16H23FN2O2.C10H17NO3/c1-16(2,3)21-15(20)19-10-8-14(9-11-19)18-13-6-4-12(17)5-7-13;1-10(2,3)14-9(13)11-6-4-8(12)5-7-11/h4-7,14,18H,8-11H2,1-3H3;4-7H2,1-3H3. The summed E-state index contributed by atoms with van der Waals surface area (Å²) in [4.78, 5) is 37.7. The molecule has 35 heavy (non-hydrogen) atoms. The molecule has 9 heteroatoms. The number of rotatable bonds is 2. The monoisotopic (exact) mass is 493 g/mol. The number of carbonyl (C=O) groups excluding carboxylic acids is 3. The van der Waals surface area contributed by atoms with E-state index in [4.69, 9.17) is 9.47 Å². The number of piperidine rings is 2. The Morgan fingerprint density at radius 1 is 0.829 bits per heavy atom. The van der Waals surface area contributed by atoms with Gasteiger partial charge in [-0.3, -0.25) is 4.79 Å². The fraction of sp³-hybridized carbons (Fsp3) is 0.654. The number of carbonyl (C=O) groups is 3. The number of ether oxygens (including phenoxy) is 2. The number of anilines is 1. The maximum Gasteiger partial charge on any atom is 0.410 e. The van der Waals surface area contributed by atoms with E-state index in [0.717, 1.165) is 18.5 Å². The van der Waals surface area contributed by atoms with Gasteiger partial charge in [0.2, 0.25) is 0 Å². The van der Waals surface area contributed by atoms with Gasteiger partial charge < -0.3 is 24.6 Å². The molecule has 3 rings (SSSR count). The molecule has 1 N–H and O–H groups in total. The van der Waals surface area contributed by atoms with Crippen LogP contribution in [0.25, 0.3) is 0 Å². The molecule has 0 aliphatic carbocycles. The van der Waals surface area contributed by atoms with Crippen molar-refractivity contribution in [3.8, 4) is 0 Å². The SMILES string of the molecule is CC(C)(C)OC(=O)N1CCC(=O)CC1.CC(C)(C)OC(=O)N1CCC(Nc2ccc(F)cc2)CC1. The van der Waals surface area contributed by atoms with Crippen LogP contribution in [0.3, 0.4) is 0 Å². The summed E-state index contributed by atoms with van der Waals surface area (Å²) < 4.78 is 23.4. The highest BCUT2D eigenvalue weighted by atomic mass is 19.1. The number of halogens is 1. The van der Waals surface area contributed by atoms with Gasteiger partial charge in [0.1, 0.15) is 22.8 Å². The second-order valence-electron chi connectivity index (χ2n) is 10.9. The molecule has 2 aliphatic heterocycles. The van der Waals surface area contributed by atoms with E-state index in [1.807, 2.05) is 41.5 Å². The van der Waals surface area contributed by atoms with Crippen LogP contribution in [0.1, 0.15) is 67.2 Å². The van der Waals surface area contributed by atoms with Crippen LogP contribution in [0.5, 0.6) is 0 Å². The van der Waals surface area contributed by atoms with Gasteiger partial charge in [-0.1, -0.05) is 0 Å². The van der Waals surface area contributed by atoms with E-state index in [-0.39, 0.29) is 23.8 Å². The smallest absolute Gasteiger partial charge is 0.410 e. The number of Topliss-reactive ketones (excluding diaryl/α,β-unsaturated/α-hetero) is 1. The van der Waals surface area contributed by atoms with Crippen LogP contribution in [-0.4, -0.2) is 71.2 Å². The minimum absolute atomic E-state index is 0.227. The molecule has 1 aromatic rings. The summed E-state index contributed by atoms with van der Waals surface area (Å²) in [6, 6.07) is 6.65. The van der Waals surface area contributed by atoms with E-state index in [9.17, 15) is 18.8 Å². The topological polar surface area (TPSA) is 88.2 Å². The molecule has 8 nitrogen and oxygen atoms in total. The van der Waals surface area contributed by atoms with Crippen molar-refractivity contribution >= 4 is 23.7 Å². The second-order valence-corrected chi connectivity index (χ2v) is 10.9. The summed E-state index contributed by atoms with van der Waals surface area (Å²) in [6.45, 7) is 13.4. The lowest BCUT2D eigenvalue weighted by atomic mass is 10.0. The lowest BCUT2D eigenvalue weighted by molar-refractivity contribution is -0.121. The summed E-state index contributed by atoms with van der Waals surface area (Å²) >= 11 is 0. The molecule has 0 spiro atoms. The quantitative estimate of drug-likeness (QED) is 0.607. The first-order chi connectivity index (χ1) is 16.2. The van der Waals surface area contributed by atoms with Crippen LogP contribution < -0.4 is 5.32 Å². The molecular weight excluding hydrogens is 453 g/mol. The van der Waals surface area contributed by atoms with Crippen molar-refractivity contribution in [2.75, 3.05) is 31.5 Å². The third-order valence-electron chi connectivity index (χ3n) is 5.33. The summed E-state index contributed by atoms with van der Waals surface area (Å²) in [6.07, 6.45) is 2.07. The predicted octanol–water partition coefficient (Wildman–Crippen LogP) is 5.22. The van der Waals surface area contributed by atoms with Gasteiger partial charge in [0.05, 0.1) is 0 Å². The van der Waals surface area contributed by atoms with Crippen molar-refractivity contribution in [1.82, 2.24) is 9.80 Å². The van der Waals surface area contributed by atoms with Crippen molar-refractivity contribution in [2.24, 2.45) is 0 Å². The number of hydrogen-bond donors (Lipinski definition) is 1. The minimum atomic E-state index is -0.460. The highest BCUT2D eigenvalue weighted by molar-refractivity contribution is 5.81. The summed E-state index contributed by atoms with van der Waals surface area (Å²) in [5.74, 6) is -0.00916. The number of amides is 2. The maximum absolute atomic E-state index is 12.9. The number of nitrogens with zero attached hydrogens (tertiary/aromatic N) is 2. The Kier molecular flexibility index (Phi) is 9.92. The fourth-order valence-electron chi connectivity index (χ4n) is 3.58. The summed E-state index contributed by atoms with van der Waals surface area (Å²) in [5.41, 5.74) is -0.00846. The number of hydrogen-bond acceptors (Lipinski definition) is 6. The number of benzene rings is 1. The van der Waals surface area contributed by atoms with Crippen LogP contribution in [-0.2, 0) is 14.3 Å². The molecule has 2 aliphatic rings. The van der Waals surface area contributed by atoms with Crippen molar-refractivity contribution in [2.45, 2.75) is 84.5 Å². The van der Waals surface area contributed by atoms with E-state index in [2.05, 4.69) is 5.32 Å². The molecule has 0 aromatic heterocycles. The number of ketones is 1. The van der Waals surface area contributed by atoms with Gasteiger partial charge in [-0.15, -0.1) is 0 Å². The lowest BCUT2D eigenvalue weighted by Gasteiger charge is -2.34. The van der Waals surface area contributed by atoms with E-state index in [1.54, 1.807) is 21.9 Å². The fourth-order valence-corrected chi connectivity index (χ4v) is 3.58. The normalized spacial score (nSPS) is 17.3. The lowest BCUT2D eigenvalue weighted by Crippen LogP contribution is -2.44. The summed E-state index contributed by atoms with van der Waals surface area (Å²) in [7, 11) is 0. The van der Waals surface area contributed by atoms with Crippen molar-refractivity contribution < 1.29 is 28.2 Å². The van der Waals surface area contributed by atoms with Crippen molar-refractivity contribution in [3.63, 3.8) is 0 Å². The highest BCUT2D eigenvalue weighted by Crippen LogP contribution is 2.19. The third-order valence-corrected chi connectivity index (χ3v) is 5.33. The van der Waals surface area contributed by atoms with E-state index in [1.165, 1.54) is 12.1 Å². The number of nitrogens with one attached hydrogen (secondary N) is 1. The van der Waals surface area contributed by atoms with Gasteiger partial charge in [-0.2, -0.15) is 0 Å². The average Bonchev–Trinajstić information content (AvgIpc) is 2.74. The maximum atomic E-state index is 12.9. The van der Waals surface area contributed by atoms with Gasteiger partial charge in [-0.05, 0) is 78.6 Å². The molecule has 0 bridgehead atoms. The van der Waals surface area contributed by atoms with E-state index < -0.39 is 11.2 Å². The van der Waals surface area contributed by atoms with Gasteiger partial charge >= 0.3 is 12.2 Å². The van der Waals surface area contributed by atoms with E-state index >= 15 is 0 Å². The molecule has 0 saturated carbocycles. The first-order valence-electron chi connectivity index (χ1n) is 12.2. The zero-order valence-electron chi connectivity index (χ0n) is 21.9. The van der Waals surface area contributed by atoms with Gasteiger partial charge in [0.15, 0.2) is 0 Å². The van der Waals surface area contributed by atoms with Crippen LogP contribution in [0.4, 0.5) is 19.7 Å². The van der Waals surface area contributed by atoms with Gasteiger partial charge in [0.25, 0.3) is 0 Å². The Morgan fingerprint density at radius 2 is 1.26 bits per heavy atom. The Hall–Kier alpha value is -2.84. The Balaban J connectivity index is 0.000000269. The average molecular weight is 494 g/mol. The molecule has 196 valence electrons. The first-order valence-corrected chi connectivity index (χ1v) is 12.2. The Morgan fingerprint density at radius 3 is 1.69 bits per heavy atom. The van der Waals surface area contributed by atoms with Crippen LogP contribution in [0.15, 0.2) is 24.3 Å². The molecule has 2 saturated heterocycles. The Labute approximate surface area is 208 Å². The van der Waals surface area contributed by atoms with Crippen LogP contribution in [0.2, 0.25) is 0 Å². The molecule has 0 unspecified atom stereocenters. The minimum Gasteiger partial charge on any atom is -0.444 e. The van der Waals surface area contributed by atoms with E-state index in [0.29, 0.717) is 45.1 Å². The van der Waals surface area contributed by atoms with Gasteiger partial charge in [-0.25, -0.2) is 14.0 Å². The third kappa shape index (κ3) is 11.0. The molecular formula is C26H40FN3O5. The highest BCUT2D eigenvalue weighted by Gasteiger charge is 2.27. The zero-order valence-corrected chi connectivity index (χ0v) is 21.9. The Bertz CT molecular complexity index is 843. The molecule has 0 radical (unpaired) electrons. The largest absolute Gasteiger partial charge is 0.444 e. The van der Waals surface area contributed by atoms with Crippen molar-refractivity contribution in [1.29, 1.82) is 0 Å². The first kappa shape index (κ1) is 28.4. The van der Waals surface area contributed by atoms with Crippen LogP contribution in [0, 0.1) is 5.82 Å². The van der Waals surface area contributed by atoms with Crippen LogP contribution >= 0.6 is 0 Å². The number of likely N-dealkylation sites (tertiary alicyclic amines) is 2. The molecule has 1 aromatic carbocycles.